The number of fused-ring (bicyclic) bond motifs is 3. The molecule has 0 saturated heterocycles. The third-order valence-corrected chi connectivity index (χ3v) is 6.60. The number of aromatic nitrogens is 2. The minimum absolute atomic E-state index is 0.410. The van der Waals surface area contributed by atoms with Crippen LogP contribution in [0.2, 0.25) is 5.15 Å². The van der Waals surface area contributed by atoms with Crippen LogP contribution in [-0.4, -0.2) is 19.9 Å². The molecule has 3 nitrogen and oxygen atoms in total. The van der Waals surface area contributed by atoms with Gasteiger partial charge < -0.3 is 0 Å². The second-order valence-corrected chi connectivity index (χ2v) is 8.23. The van der Waals surface area contributed by atoms with Crippen molar-refractivity contribution in [2.45, 2.75) is 49.3 Å². The van der Waals surface area contributed by atoms with Gasteiger partial charge in [0.2, 0.25) is 0 Å². The molecule has 0 N–H and O–H groups in total. The highest BCUT2D eigenvalue weighted by Crippen LogP contribution is 2.37. The van der Waals surface area contributed by atoms with Gasteiger partial charge in [0, 0.05) is 27.7 Å². The first-order valence-corrected chi connectivity index (χ1v) is 9.98. The molecule has 1 saturated carbocycles. The van der Waals surface area contributed by atoms with Gasteiger partial charge in [0.25, 0.3) is 0 Å². The molecule has 0 amide bonds. The van der Waals surface area contributed by atoms with E-state index in [0.29, 0.717) is 23.2 Å². The number of rotatable bonds is 1. The van der Waals surface area contributed by atoms with E-state index in [2.05, 4.69) is 4.98 Å². The minimum atomic E-state index is -1.00. The van der Waals surface area contributed by atoms with Crippen molar-refractivity contribution in [2.75, 3.05) is 5.75 Å². The molecular formula is C18H19ClN2OS. The van der Waals surface area contributed by atoms with Crippen LogP contribution in [-0.2, 0) is 17.2 Å². The molecule has 120 valence electrons. The zero-order chi connectivity index (χ0) is 15.8. The Morgan fingerprint density at radius 3 is 2.70 bits per heavy atom. The van der Waals surface area contributed by atoms with Crippen molar-refractivity contribution in [3.8, 4) is 11.3 Å². The molecule has 2 heterocycles. The molecule has 4 rings (SSSR count). The van der Waals surface area contributed by atoms with Crippen molar-refractivity contribution in [1.82, 2.24) is 9.97 Å². The van der Waals surface area contributed by atoms with Gasteiger partial charge in [-0.1, -0.05) is 49.1 Å². The fourth-order valence-corrected chi connectivity index (χ4v) is 5.15. The summed E-state index contributed by atoms with van der Waals surface area (Å²) in [4.78, 5) is 10.4. The van der Waals surface area contributed by atoms with Crippen LogP contribution in [0, 0.1) is 0 Å². The number of nitrogens with zero attached hydrogens (tertiary/aromatic N) is 2. The van der Waals surface area contributed by atoms with Crippen molar-refractivity contribution < 1.29 is 4.21 Å². The van der Waals surface area contributed by atoms with Crippen LogP contribution in [0.15, 0.2) is 29.2 Å². The summed E-state index contributed by atoms with van der Waals surface area (Å²) in [5, 5.41) is 0.546. The average Bonchev–Trinajstić information content (AvgIpc) is 2.74. The molecular weight excluding hydrogens is 328 g/mol. The Bertz CT molecular complexity index is 772. The van der Waals surface area contributed by atoms with Gasteiger partial charge in [-0.2, -0.15) is 0 Å². The molecule has 1 atom stereocenters. The molecule has 1 aliphatic carbocycles. The van der Waals surface area contributed by atoms with Crippen molar-refractivity contribution in [1.29, 1.82) is 0 Å². The average molecular weight is 347 g/mol. The van der Waals surface area contributed by atoms with E-state index in [1.54, 1.807) is 0 Å². The maximum Gasteiger partial charge on any atom is 0.136 e. The second kappa shape index (κ2) is 6.33. The smallest absolute Gasteiger partial charge is 0.136 e. The third kappa shape index (κ3) is 2.83. The standard InChI is InChI=1S/C18H19ClN2OS/c19-17-14-10-11-23(22)15-9-5-4-8-13(15)16(14)20-18(21-17)12-6-2-1-3-7-12/h4-5,8-9,12H,1-3,6-7,10-11H2. The van der Waals surface area contributed by atoms with Gasteiger partial charge >= 0.3 is 0 Å². The molecule has 1 aliphatic heterocycles. The summed E-state index contributed by atoms with van der Waals surface area (Å²) >= 11 is 6.50. The van der Waals surface area contributed by atoms with Gasteiger partial charge in [0.05, 0.1) is 16.5 Å². The number of hydrogen-bond donors (Lipinski definition) is 0. The fourth-order valence-electron chi connectivity index (χ4n) is 3.63. The van der Waals surface area contributed by atoms with Crippen molar-refractivity contribution in [3.63, 3.8) is 0 Å². The highest BCUT2D eigenvalue weighted by atomic mass is 35.5. The summed E-state index contributed by atoms with van der Waals surface area (Å²) in [5.41, 5.74) is 2.80. The minimum Gasteiger partial charge on any atom is -0.254 e. The van der Waals surface area contributed by atoms with Crippen LogP contribution in [0.3, 0.4) is 0 Å². The van der Waals surface area contributed by atoms with Crippen LogP contribution in [0.25, 0.3) is 11.3 Å². The molecule has 23 heavy (non-hydrogen) atoms. The Balaban J connectivity index is 1.87. The van der Waals surface area contributed by atoms with Crippen LogP contribution >= 0.6 is 11.6 Å². The molecule has 1 fully saturated rings. The lowest BCUT2D eigenvalue weighted by Gasteiger charge is -2.21. The Labute approximate surface area is 144 Å². The van der Waals surface area contributed by atoms with E-state index in [1.807, 2.05) is 24.3 Å². The first-order valence-electron chi connectivity index (χ1n) is 8.28. The summed E-state index contributed by atoms with van der Waals surface area (Å²) in [6.45, 7) is 0. The normalized spacial score (nSPS) is 21.3. The quantitative estimate of drug-likeness (QED) is 0.713. The number of hydrogen-bond acceptors (Lipinski definition) is 3. The van der Waals surface area contributed by atoms with Crippen LogP contribution < -0.4 is 0 Å². The zero-order valence-electron chi connectivity index (χ0n) is 12.9. The van der Waals surface area contributed by atoms with Gasteiger partial charge in [0.15, 0.2) is 0 Å². The molecule has 2 aliphatic rings. The van der Waals surface area contributed by atoms with E-state index in [9.17, 15) is 4.21 Å². The summed E-state index contributed by atoms with van der Waals surface area (Å²) in [7, 11) is -1.00. The molecule has 0 bridgehead atoms. The Kier molecular flexibility index (Phi) is 4.20. The lowest BCUT2D eigenvalue weighted by Crippen LogP contribution is -2.11. The van der Waals surface area contributed by atoms with Gasteiger partial charge in [-0.25, -0.2) is 9.97 Å². The van der Waals surface area contributed by atoms with Gasteiger partial charge in [0.1, 0.15) is 11.0 Å². The second-order valence-electron chi connectivity index (χ2n) is 6.33. The predicted octanol–water partition coefficient (Wildman–Crippen LogP) is 4.51. The molecule has 2 aromatic rings. The van der Waals surface area contributed by atoms with E-state index in [1.165, 1.54) is 19.3 Å². The third-order valence-electron chi connectivity index (χ3n) is 4.87. The Morgan fingerprint density at radius 2 is 1.87 bits per heavy atom. The lowest BCUT2D eigenvalue weighted by atomic mass is 9.88. The maximum atomic E-state index is 12.5. The molecule has 1 unspecified atom stereocenters. The van der Waals surface area contributed by atoms with Crippen molar-refractivity contribution >= 4 is 22.4 Å². The first-order chi connectivity index (χ1) is 11.2. The van der Waals surface area contributed by atoms with Crippen LogP contribution in [0.5, 0.6) is 0 Å². The molecule has 0 radical (unpaired) electrons. The maximum absolute atomic E-state index is 12.5. The SMILES string of the molecule is O=S1CCc2c(Cl)nc(C3CCCCC3)nc2-c2ccccc21. The number of benzene rings is 1. The van der Waals surface area contributed by atoms with Crippen LogP contribution in [0.4, 0.5) is 0 Å². The van der Waals surface area contributed by atoms with E-state index in [-0.39, 0.29) is 0 Å². The van der Waals surface area contributed by atoms with E-state index in [0.717, 1.165) is 40.4 Å². The predicted molar refractivity (Wildman–Crippen MR) is 93.3 cm³/mol. The summed E-state index contributed by atoms with van der Waals surface area (Å²) in [5.74, 6) is 1.86. The van der Waals surface area contributed by atoms with Crippen molar-refractivity contribution in [3.05, 3.63) is 40.8 Å². The summed E-state index contributed by atoms with van der Waals surface area (Å²) < 4.78 is 12.5. The van der Waals surface area contributed by atoms with Gasteiger partial charge in [-0.3, -0.25) is 4.21 Å². The monoisotopic (exact) mass is 346 g/mol. The fraction of sp³-hybridized carbons (Fsp3) is 0.444. The largest absolute Gasteiger partial charge is 0.254 e. The topological polar surface area (TPSA) is 42.9 Å². The molecule has 1 aromatic heterocycles. The van der Waals surface area contributed by atoms with E-state index in [4.69, 9.17) is 16.6 Å². The van der Waals surface area contributed by atoms with Crippen molar-refractivity contribution in [2.24, 2.45) is 0 Å². The Hall–Kier alpha value is -1.26. The van der Waals surface area contributed by atoms with Gasteiger partial charge in [-0.15, -0.1) is 0 Å². The highest BCUT2D eigenvalue weighted by molar-refractivity contribution is 7.85. The van der Waals surface area contributed by atoms with Crippen LogP contribution in [0.1, 0.15) is 49.4 Å². The summed E-state index contributed by atoms with van der Waals surface area (Å²) in [6.07, 6.45) is 6.73. The summed E-state index contributed by atoms with van der Waals surface area (Å²) in [6, 6.07) is 7.86. The van der Waals surface area contributed by atoms with Gasteiger partial charge in [-0.05, 0) is 25.3 Å². The highest BCUT2D eigenvalue weighted by Gasteiger charge is 2.26. The van der Waals surface area contributed by atoms with E-state index < -0.39 is 10.8 Å². The first kappa shape index (κ1) is 15.3. The molecule has 0 spiro atoms. The lowest BCUT2D eigenvalue weighted by molar-refractivity contribution is 0.428. The molecule has 1 aromatic carbocycles. The van der Waals surface area contributed by atoms with E-state index >= 15 is 0 Å². The molecule has 5 heteroatoms. The number of halogens is 1. The zero-order valence-corrected chi connectivity index (χ0v) is 14.5. The Morgan fingerprint density at radius 1 is 1.09 bits per heavy atom.